The first-order valence-corrected chi connectivity index (χ1v) is 7.24. The van der Waals surface area contributed by atoms with E-state index in [1.54, 1.807) is 18.3 Å². The van der Waals surface area contributed by atoms with Crippen molar-refractivity contribution in [3.8, 4) is 11.8 Å². The standard InChI is InChI=1S/C16H21N3O2/c1-18-8-4-9-19(11-10-18)16(21)15-7-6-14(13-17-15)5-2-3-12-20/h6-7,13,20H,3-4,8-12H2,1H3. The van der Waals surface area contributed by atoms with E-state index in [-0.39, 0.29) is 12.5 Å². The normalized spacial score (nSPS) is 16.0. The summed E-state index contributed by atoms with van der Waals surface area (Å²) >= 11 is 0. The molecule has 0 spiro atoms. The molecule has 0 aliphatic carbocycles. The highest BCUT2D eigenvalue weighted by Crippen LogP contribution is 2.07. The number of rotatable bonds is 2. The predicted octanol–water partition coefficient (Wildman–Crippen LogP) is 0.593. The number of aliphatic hydroxyl groups is 1. The fourth-order valence-corrected chi connectivity index (χ4v) is 2.23. The zero-order chi connectivity index (χ0) is 15.1. The minimum atomic E-state index is -0.0137. The van der Waals surface area contributed by atoms with Gasteiger partial charge in [-0.25, -0.2) is 4.98 Å². The molecule has 0 atom stereocenters. The van der Waals surface area contributed by atoms with E-state index in [0.29, 0.717) is 12.1 Å². The maximum atomic E-state index is 12.4. The van der Waals surface area contributed by atoms with Crippen molar-refractivity contribution in [2.75, 3.05) is 39.8 Å². The summed E-state index contributed by atoms with van der Waals surface area (Å²) in [6.07, 6.45) is 3.05. The third-order valence-electron chi connectivity index (χ3n) is 3.46. The summed E-state index contributed by atoms with van der Waals surface area (Å²) in [4.78, 5) is 20.7. The second-order valence-corrected chi connectivity index (χ2v) is 5.16. The number of aromatic nitrogens is 1. The Kier molecular flexibility index (Phi) is 5.73. The lowest BCUT2D eigenvalue weighted by Crippen LogP contribution is -2.34. The van der Waals surface area contributed by atoms with Gasteiger partial charge in [0, 0.05) is 37.8 Å². The second kappa shape index (κ2) is 7.77. The smallest absolute Gasteiger partial charge is 0.272 e. The van der Waals surface area contributed by atoms with Gasteiger partial charge in [-0.1, -0.05) is 11.8 Å². The average molecular weight is 287 g/mol. The van der Waals surface area contributed by atoms with Gasteiger partial charge in [-0.15, -0.1) is 0 Å². The Morgan fingerprint density at radius 3 is 2.90 bits per heavy atom. The Bertz CT molecular complexity index is 531. The van der Waals surface area contributed by atoms with Gasteiger partial charge in [0.25, 0.3) is 5.91 Å². The van der Waals surface area contributed by atoms with Crippen LogP contribution in [0, 0.1) is 11.8 Å². The molecule has 1 aliphatic rings. The van der Waals surface area contributed by atoms with Crippen molar-refractivity contribution in [3.05, 3.63) is 29.6 Å². The third-order valence-corrected chi connectivity index (χ3v) is 3.46. The molecule has 0 bridgehead atoms. The first-order valence-electron chi connectivity index (χ1n) is 7.24. The van der Waals surface area contributed by atoms with Gasteiger partial charge in [0.2, 0.25) is 0 Å². The summed E-state index contributed by atoms with van der Waals surface area (Å²) in [6, 6.07) is 3.52. The zero-order valence-electron chi connectivity index (χ0n) is 12.4. The number of pyridine rings is 1. The summed E-state index contributed by atoms with van der Waals surface area (Å²) in [7, 11) is 2.08. The fraction of sp³-hybridized carbons (Fsp3) is 0.500. The van der Waals surface area contributed by atoms with Gasteiger partial charge in [-0.2, -0.15) is 0 Å². The van der Waals surface area contributed by atoms with Crippen LogP contribution in [0.2, 0.25) is 0 Å². The van der Waals surface area contributed by atoms with E-state index in [4.69, 9.17) is 5.11 Å². The van der Waals surface area contributed by atoms with Crippen LogP contribution in [-0.4, -0.2) is 65.6 Å². The average Bonchev–Trinajstić information content (AvgIpc) is 2.72. The predicted molar refractivity (Wildman–Crippen MR) is 80.8 cm³/mol. The fourth-order valence-electron chi connectivity index (χ4n) is 2.23. The summed E-state index contributed by atoms with van der Waals surface area (Å²) in [5.41, 5.74) is 1.22. The van der Waals surface area contributed by atoms with E-state index in [2.05, 4.69) is 28.8 Å². The minimum Gasteiger partial charge on any atom is -0.395 e. The number of likely N-dealkylation sites (N-methyl/N-ethyl adjacent to an activating group) is 1. The molecular weight excluding hydrogens is 266 g/mol. The lowest BCUT2D eigenvalue weighted by Gasteiger charge is -2.20. The lowest BCUT2D eigenvalue weighted by molar-refractivity contribution is 0.0757. The molecule has 1 amide bonds. The summed E-state index contributed by atoms with van der Waals surface area (Å²) in [6.45, 7) is 3.51. The van der Waals surface area contributed by atoms with Crippen molar-refractivity contribution < 1.29 is 9.90 Å². The maximum absolute atomic E-state index is 12.4. The molecule has 5 nitrogen and oxygen atoms in total. The summed E-state index contributed by atoms with van der Waals surface area (Å²) in [5, 5.41) is 8.68. The zero-order valence-corrected chi connectivity index (χ0v) is 12.4. The van der Waals surface area contributed by atoms with Crippen molar-refractivity contribution in [2.45, 2.75) is 12.8 Å². The molecule has 21 heavy (non-hydrogen) atoms. The largest absolute Gasteiger partial charge is 0.395 e. The van der Waals surface area contributed by atoms with Crippen LogP contribution in [0.1, 0.15) is 28.9 Å². The minimum absolute atomic E-state index is 0.0137. The molecule has 112 valence electrons. The van der Waals surface area contributed by atoms with Gasteiger partial charge in [-0.05, 0) is 32.1 Å². The third kappa shape index (κ3) is 4.55. The molecule has 1 fully saturated rings. The Morgan fingerprint density at radius 2 is 2.19 bits per heavy atom. The Labute approximate surface area is 125 Å². The van der Waals surface area contributed by atoms with Crippen molar-refractivity contribution in [3.63, 3.8) is 0 Å². The van der Waals surface area contributed by atoms with Crippen LogP contribution < -0.4 is 0 Å². The SMILES string of the molecule is CN1CCCN(C(=O)c2ccc(C#CCCO)cn2)CC1. The van der Waals surface area contributed by atoms with E-state index in [1.165, 1.54) is 0 Å². The van der Waals surface area contributed by atoms with E-state index < -0.39 is 0 Å². The van der Waals surface area contributed by atoms with Gasteiger partial charge in [0.15, 0.2) is 0 Å². The van der Waals surface area contributed by atoms with Crippen molar-refractivity contribution in [1.29, 1.82) is 0 Å². The van der Waals surface area contributed by atoms with Gasteiger partial charge < -0.3 is 14.9 Å². The van der Waals surface area contributed by atoms with Gasteiger partial charge in [0.05, 0.1) is 6.61 Å². The first-order chi connectivity index (χ1) is 10.2. The molecular formula is C16H21N3O2. The van der Waals surface area contributed by atoms with Crippen LogP contribution in [0.3, 0.4) is 0 Å². The first kappa shape index (κ1) is 15.5. The van der Waals surface area contributed by atoms with Crippen LogP contribution in [0.5, 0.6) is 0 Å². The molecule has 5 heteroatoms. The number of carbonyl (C=O) groups excluding carboxylic acids is 1. The molecule has 0 radical (unpaired) electrons. The van der Waals surface area contributed by atoms with E-state index in [0.717, 1.165) is 38.2 Å². The number of hydrogen-bond acceptors (Lipinski definition) is 4. The van der Waals surface area contributed by atoms with E-state index in [9.17, 15) is 4.79 Å². The lowest BCUT2D eigenvalue weighted by atomic mass is 10.2. The van der Waals surface area contributed by atoms with Gasteiger partial charge in [-0.3, -0.25) is 4.79 Å². The van der Waals surface area contributed by atoms with Crippen LogP contribution in [0.15, 0.2) is 18.3 Å². The van der Waals surface area contributed by atoms with Crippen molar-refractivity contribution in [2.24, 2.45) is 0 Å². The number of aliphatic hydroxyl groups excluding tert-OH is 1. The summed E-state index contributed by atoms with van der Waals surface area (Å²) < 4.78 is 0. The molecule has 0 unspecified atom stereocenters. The van der Waals surface area contributed by atoms with Crippen LogP contribution in [0.25, 0.3) is 0 Å². The highest BCUT2D eigenvalue weighted by Gasteiger charge is 2.19. The van der Waals surface area contributed by atoms with Gasteiger partial charge in [0.1, 0.15) is 5.69 Å². The molecule has 0 saturated carbocycles. The number of amides is 1. The molecule has 1 aromatic rings. The molecule has 0 aromatic carbocycles. The van der Waals surface area contributed by atoms with E-state index in [1.807, 2.05) is 4.90 Å². The topological polar surface area (TPSA) is 56.7 Å². The van der Waals surface area contributed by atoms with Crippen molar-refractivity contribution >= 4 is 5.91 Å². The van der Waals surface area contributed by atoms with Gasteiger partial charge >= 0.3 is 0 Å². The van der Waals surface area contributed by atoms with E-state index >= 15 is 0 Å². The second-order valence-electron chi connectivity index (χ2n) is 5.16. The Balaban J connectivity index is 2.01. The summed E-state index contributed by atoms with van der Waals surface area (Å²) in [5.74, 6) is 5.72. The van der Waals surface area contributed by atoms with Crippen molar-refractivity contribution in [1.82, 2.24) is 14.8 Å². The van der Waals surface area contributed by atoms with Crippen LogP contribution >= 0.6 is 0 Å². The monoisotopic (exact) mass is 287 g/mol. The van der Waals surface area contributed by atoms with Crippen LogP contribution in [0.4, 0.5) is 0 Å². The number of hydrogen-bond donors (Lipinski definition) is 1. The Morgan fingerprint density at radius 1 is 1.33 bits per heavy atom. The quantitative estimate of drug-likeness (QED) is 0.809. The molecule has 1 aromatic heterocycles. The maximum Gasteiger partial charge on any atom is 0.272 e. The molecule has 1 aliphatic heterocycles. The molecule has 1 N–H and O–H groups in total. The molecule has 2 heterocycles. The molecule has 1 saturated heterocycles. The highest BCUT2D eigenvalue weighted by molar-refractivity contribution is 5.92. The number of nitrogens with zero attached hydrogens (tertiary/aromatic N) is 3. The Hall–Kier alpha value is -1.90. The molecule has 2 rings (SSSR count). The number of carbonyl (C=O) groups is 1. The van der Waals surface area contributed by atoms with Crippen LogP contribution in [-0.2, 0) is 0 Å². The highest BCUT2D eigenvalue weighted by atomic mass is 16.2.